The van der Waals surface area contributed by atoms with Gasteiger partial charge in [-0.1, -0.05) is 0 Å². The summed E-state index contributed by atoms with van der Waals surface area (Å²) in [5.74, 6) is -2.94. The summed E-state index contributed by atoms with van der Waals surface area (Å²) in [6.07, 6.45) is -4.94. The molecule has 0 heterocycles. The summed E-state index contributed by atoms with van der Waals surface area (Å²) in [5, 5.41) is 8.40. The molecule has 0 aliphatic carbocycles. The van der Waals surface area contributed by atoms with Crippen molar-refractivity contribution < 1.29 is 32.7 Å². The quantitative estimate of drug-likeness (QED) is 0.555. The van der Waals surface area contributed by atoms with Gasteiger partial charge in [0.25, 0.3) is 5.91 Å². The van der Waals surface area contributed by atoms with Crippen LogP contribution in [0.3, 0.4) is 0 Å². The van der Waals surface area contributed by atoms with E-state index >= 15 is 0 Å². The van der Waals surface area contributed by atoms with E-state index in [2.05, 4.69) is 4.74 Å². The van der Waals surface area contributed by atoms with E-state index in [1.165, 1.54) is 5.48 Å². The number of nitrogens with two attached hydrogens (primary N) is 1. The van der Waals surface area contributed by atoms with Crippen molar-refractivity contribution in [1.82, 2.24) is 5.48 Å². The minimum Gasteiger partial charge on any atom is -0.406 e. The maximum absolute atomic E-state index is 12.0. The maximum atomic E-state index is 12.0. The number of ether oxygens (including phenoxy) is 1. The molecule has 4 N–H and O–H groups in total. The molecule has 0 unspecified atom stereocenters. The van der Waals surface area contributed by atoms with E-state index in [0.717, 1.165) is 12.1 Å². The predicted molar refractivity (Wildman–Crippen MR) is 50.9 cm³/mol. The zero-order chi connectivity index (χ0) is 13.9. The summed E-state index contributed by atoms with van der Waals surface area (Å²) < 4.78 is 39.4. The lowest BCUT2D eigenvalue weighted by atomic mass is 10.1. The van der Waals surface area contributed by atoms with Crippen molar-refractivity contribution in [2.75, 3.05) is 0 Å². The van der Waals surface area contributed by atoms with Gasteiger partial charge in [0.2, 0.25) is 5.91 Å². The molecule has 0 aliphatic rings. The number of carbonyl (C=O) groups excluding carboxylic acids is 2. The van der Waals surface area contributed by atoms with Gasteiger partial charge in [-0.05, 0) is 18.2 Å². The first-order valence-electron chi connectivity index (χ1n) is 4.38. The molecule has 1 aromatic rings. The highest BCUT2D eigenvalue weighted by molar-refractivity contribution is 6.06. The summed E-state index contributed by atoms with van der Waals surface area (Å²) in [4.78, 5) is 22.1. The third-order valence-electron chi connectivity index (χ3n) is 1.84. The van der Waals surface area contributed by atoms with Crippen molar-refractivity contribution in [2.45, 2.75) is 6.36 Å². The third kappa shape index (κ3) is 3.35. The molecule has 6 nitrogen and oxygen atoms in total. The fraction of sp³-hybridized carbons (Fsp3) is 0.111. The molecule has 1 aromatic carbocycles. The van der Waals surface area contributed by atoms with Gasteiger partial charge in [0.15, 0.2) is 0 Å². The second-order valence-electron chi connectivity index (χ2n) is 3.06. The lowest BCUT2D eigenvalue weighted by molar-refractivity contribution is -0.274. The molecule has 98 valence electrons. The number of alkyl halides is 3. The summed E-state index contributed by atoms with van der Waals surface area (Å²) in [5.41, 5.74) is 5.22. The molecular weight excluding hydrogens is 257 g/mol. The van der Waals surface area contributed by atoms with Crippen LogP contribution in [0.5, 0.6) is 5.75 Å². The molecule has 0 aliphatic heterocycles. The average Bonchev–Trinajstić information content (AvgIpc) is 2.25. The van der Waals surface area contributed by atoms with Crippen molar-refractivity contribution in [2.24, 2.45) is 5.73 Å². The number of amides is 2. The van der Waals surface area contributed by atoms with Crippen molar-refractivity contribution in [3.8, 4) is 5.75 Å². The van der Waals surface area contributed by atoms with Crippen LogP contribution in [0.4, 0.5) is 13.2 Å². The number of hydrogen-bond donors (Lipinski definition) is 3. The number of carbonyl (C=O) groups is 2. The molecule has 18 heavy (non-hydrogen) atoms. The largest absolute Gasteiger partial charge is 0.573 e. The van der Waals surface area contributed by atoms with Gasteiger partial charge in [0.05, 0.1) is 11.1 Å². The Bertz CT molecular complexity index is 487. The Kier molecular flexibility index (Phi) is 3.76. The Balaban J connectivity index is 3.21. The Morgan fingerprint density at radius 1 is 1.28 bits per heavy atom. The van der Waals surface area contributed by atoms with Gasteiger partial charge < -0.3 is 10.5 Å². The van der Waals surface area contributed by atoms with Gasteiger partial charge in [-0.15, -0.1) is 13.2 Å². The predicted octanol–water partition coefficient (Wildman–Crippen LogP) is 0.803. The third-order valence-corrected chi connectivity index (χ3v) is 1.84. The molecule has 0 bridgehead atoms. The fourth-order valence-electron chi connectivity index (χ4n) is 1.18. The molecule has 0 fully saturated rings. The highest BCUT2D eigenvalue weighted by atomic mass is 19.4. The number of hydroxylamine groups is 1. The Labute approximate surface area is 98.1 Å². The number of nitrogens with one attached hydrogen (secondary N) is 1. The molecule has 0 aromatic heterocycles. The van der Waals surface area contributed by atoms with Gasteiger partial charge >= 0.3 is 6.36 Å². The Hall–Kier alpha value is -2.29. The second kappa shape index (κ2) is 4.92. The number of hydrogen-bond acceptors (Lipinski definition) is 4. The molecular formula is C9H7F3N2O4. The monoisotopic (exact) mass is 264 g/mol. The zero-order valence-corrected chi connectivity index (χ0v) is 8.62. The highest BCUT2D eigenvalue weighted by Gasteiger charge is 2.31. The van der Waals surface area contributed by atoms with E-state index in [1.54, 1.807) is 0 Å². The van der Waals surface area contributed by atoms with Crippen molar-refractivity contribution in [1.29, 1.82) is 0 Å². The maximum Gasteiger partial charge on any atom is 0.573 e. The summed E-state index contributed by atoms with van der Waals surface area (Å²) in [6, 6.07) is 2.34. The van der Waals surface area contributed by atoms with Crippen molar-refractivity contribution in [3.63, 3.8) is 0 Å². The molecule has 2 amide bonds. The normalized spacial score (nSPS) is 10.9. The minimum atomic E-state index is -4.94. The average molecular weight is 264 g/mol. The molecule has 1 rings (SSSR count). The Morgan fingerprint density at radius 2 is 1.89 bits per heavy atom. The fourth-order valence-corrected chi connectivity index (χ4v) is 1.18. The molecule has 0 radical (unpaired) electrons. The van der Waals surface area contributed by atoms with E-state index in [9.17, 15) is 22.8 Å². The van der Waals surface area contributed by atoms with Gasteiger partial charge in [0, 0.05) is 0 Å². The first-order chi connectivity index (χ1) is 8.24. The summed E-state index contributed by atoms with van der Waals surface area (Å²) in [6.45, 7) is 0. The van der Waals surface area contributed by atoms with Gasteiger partial charge in [0.1, 0.15) is 5.75 Å². The van der Waals surface area contributed by atoms with Gasteiger partial charge in [-0.2, -0.15) is 0 Å². The van der Waals surface area contributed by atoms with Gasteiger partial charge in [-0.25, -0.2) is 5.48 Å². The molecule has 9 heteroatoms. The van der Waals surface area contributed by atoms with Crippen LogP contribution in [0.25, 0.3) is 0 Å². The van der Waals surface area contributed by atoms with Crippen LogP contribution in [0, 0.1) is 0 Å². The number of halogens is 3. The van der Waals surface area contributed by atoms with E-state index < -0.39 is 29.5 Å². The molecule has 0 saturated carbocycles. The zero-order valence-electron chi connectivity index (χ0n) is 8.62. The SMILES string of the molecule is NC(=O)c1ccc(OC(F)(F)F)cc1C(=O)NO. The first kappa shape index (κ1) is 13.8. The van der Waals surface area contributed by atoms with E-state index in [4.69, 9.17) is 10.9 Å². The van der Waals surface area contributed by atoms with Crippen LogP contribution in [0.2, 0.25) is 0 Å². The molecule has 0 spiro atoms. The van der Waals surface area contributed by atoms with Crippen molar-refractivity contribution in [3.05, 3.63) is 29.3 Å². The van der Waals surface area contributed by atoms with Crippen LogP contribution in [-0.4, -0.2) is 23.4 Å². The van der Waals surface area contributed by atoms with E-state index in [-0.39, 0.29) is 5.56 Å². The first-order valence-corrected chi connectivity index (χ1v) is 4.38. The molecule has 0 saturated heterocycles. The lowest BCUT2D eigenvalue weighted by Gasteiger charge is -2.11. The highest BCUT2D eigenvalue weighted by Crippen LogP contribution is 2.25. The van der Waals surface area contributed by atoms with E-state index in [1.807, 2.05) is 0 Å². The summed E-state index contributed by atoms with van der Waals surface area (Å²) >= 11 is 0. The van der Waals surface area contributed by atoms with Crippen molar-refractivity contribution >= 4 is 11.8 Å². The van der Waals surface area contributed by atoms with E-state index in [0.29, 0.717) is 6.07 Å². The van der Waals surface area contributed by atoms with Gasteiger partial charge in [-0.3, -0.25) is 14.8 Å². The van der Waals surface area contributed by atoms with Crippen LogP contribution >= 0.6 is 0 Å². The van der Waals surface area contributed by atoms with Crippen LogP contribution in [0.1, 0.15) is 20.7 Å². The van der Waals surface area contributed by atoms with Crippen LogP contribution in [0.15, 0.2) is 18.2 Å². The second-order valence-corrected chi connectivity index (χ2v) is 3.06. The smallest absolute Gasteiger partial charge is 0.406 e. The number of primary amides is 1. The van der Waals surface area contributed by atoms with Crippen LogP contribution in [-0.2, 0) is 0 Å². The summed E-state index contributed by atoms with van der Waals surface area (Å²) in [7, 11) is 0. The number of benzene rings is 1. The lowest BCUT2D eigenvalue weighted by Crippen LogP contribution is -2.24. The number of rotatable bonds is 3. The Morgan fingerprint density at radius 3 is 2.33 bits per heavy atom. The standard InChI is InChI=1S/C9H7F3N2O4/c10-9(11,12)18-4-1-2-5(7(13)15)6(3-4)8(16)14-17/h1-3,17H,(H2,13,15)(H,14,16). The minimum absolute atomic E-state index is 0.351. The molecule has 0 atom stereocenters. The van der Waals surface area contributed by atoms with Crippen LogP contribution < -0.4 is 16.0 Å². The topological polar surface area (TPSA) is 102 Å².